The number of nitrogens with one attached hydrogen (secondary N) is 2. The number of aromatic nitrogens is 2. The molecule has 1 aromatic rings. The van der Waals surface area contributed by atoms with E-state index in [0.717, 1.165) is 49.7 Å². The molecule has 18 heavy (non-hydrogen) atoms. The van der Waals surface area contributed by atoms with Gasteiger partial charge < -0.3 is 15.4 Å². The fourth-order valence-electron chi connectivity index (χ4n) is 2.22. The zero-order valence-corrected chi connectivity index (χ0v) is 11.4. The average Bonchev–Trinajstić information content (AvgIpc) is 2.78. The Kier molecular flexibility index (Phi) is 4.01. The maximum absolute atomic E-state index is 5.76. The van der Waals surface area contributed by atoms with Crippen LogP contribution in [-0.4, -0.2) is 35.3 Å². The van der Waals surface area contributed by atoms with Gasteiger partial charge in [0.2, 0.25) is 0 Å². The Morgan fingerprint density at radius 3 is 2.67 bits per heavy atom. The maximum atomic E-state index is 5.76. The molecule has 2 N–H and O–H groups in total. The molecule has 100 valence electrons. The summed E-state index contributed by atoms with van der Waals surface area (Å²) in [6.45, 7) is 8.74. The molecule has 1 fully saturated rings. The summed E-state index contributed by atoms with van der Waals surface area (Å²) >= 11 is 0. The second-order valence-electron chi connectivity index (χ2n) is 4.98. The minimum absolute atomic E-state index is 0.0598. The number of hydrogen-bond acceptors (Lipinski definition) is 5. The van der Waals surface area contributed by atoms with Gasteiger partial charge in [-0.15, -0.1) is 0 Å². The van der Waals surface area contributed by atoms with Crippen LogP contribution in [0.25, 0.3) is 0 Å². The van der Waals surface area contributed by atoms with Crippen molar-refractivity contribution in [1.82, 2.24) is 9.97 Å². The standard InChI is InChI=1S/C13H22N4O/c1-4-14-11-10(2)12(17-9-16-11)15-8-13(3)6-5-7-18-13/h9H,4-8H2,1-3H3,(H2,14,15,16,17). The van der Waals surface area contributed by atoms with E-state index in [1.165, 1.54) is 0 Å². The van der Waals surface area contributed by atoms with Gasteiger partial charge in [-0.25, -0.2) is 9.97 Å². The van der Waals surface area contributed by atoms with Crippen molar-refractivity contribution in [3.63, 3.8) is 0 Å². The van der Waals surface area contributed by atoms with Gasteiger partial charge in [-0.1, -0.05) is 0 Å². The van der Waals surface area contributed by atoms with Crippen LogP contribution >= 0.6 is 0 Å². The van der Waals surface area contributed by atoms with E-state index >= 15 is 0 Å². The third kappa shape index (κ3) is 2.90. The van der Waals surface area contributed by atoms with Crippen LogP contribution in [0.15, 0.2) is 6.33 Å². The van der Waals surface area contributed by atoms with Crippen molar-refractivity contribution in [3.8, 4) is 0 Å². The van der Waals surface area contributed by atoms with Crippen LogP contribution in [0.5, 0.6) is 0 Å². The summed E-state index contributed by atoms with van der Waals surface area (Å²) in [4.78, 5) is 8.53. The highest BCUT2D eigenvalue weighted by atomic mass is 16.5. The van der Waals surface area contributed by atoms with E-state index in [4.69, 9.17) is 4.74 Å². The molecule has 1 aliphatic rings. The zero-order chi connectivity index (χ0) is 13.0. The molecular formula is C13H22N4O. The number of hydrogen-bond donors (Lipinski definition) is 2. The van der Waals surface area contributed by atoms with E-state index in [1.807, 2.05) is 6.92 Å². The second kappa shape index (κ2) is 5.52. The van der Waals surface area contributed by atoms with Crippen molar-refractivity contribution >= 4 is 11.6 Å². The largest absolute Gasteiger partial charge is 0.373 e. The lowest BCUT2D eigenvalue weighted by molar-refractivity contribution is 0.0314. The molecule has 0 aromatic carbocycles. The van der Waals surface area contributed by atoms with E-state index in [-0.39, 0.29) is 5.60 Å². The lowest BCUT2D eigenvalue weighted by Gasteiger charge is -2.24. The Morgan fingerprint density at radius 1 is 1.33 bits per heavy atom. The highest BCUT2D eigenvalue weighted by Gasteiger charge is 2.29. The van der Waals surface area contributed by atoms with Crippen LogP contribution in [0, 0.1) is 6.92 Å². The first-order valence-electron chi connectivity index (χ1n) is 6.58. The molecule has 1 atom stereocenters. The molecule has 0 saturated carbocycles. The van der Waals surface area contributed by atoms with Gasteiger partial charge in [0.05, 0.1) is 5.60 Å². The molecule has 1 saturated heterocycles. The SMILES string of the molecule is CCNc1ncnc(NCC2(C)CCCO2)c1C. The highest BCUT2D eigenvalue weighted by molar-refractivity contribution is 5.56. The molecule has 0 radical (unpaired) electrons. The van der Waals surface area contributed by atoms with Gasteiger partial charge in [0, 0.05) is 25.3 Å². The van der Waals surface area contributed by atoms with Gasteiger partial charge in [-0.3, -0.25) is 0 Å². The third-order valence-corrected chi connectivity index (χ3v) is 3.36. The number of nitrogens with zero attached hydrogens (tertiary/aromatic N) is 2. The summed E-state index contributed by atoms with van der Waals surface area (Å²) in [5, 5.41) is 6.61. The minimum Gasteiger partial charge on any atom is -0.373 e. The highest BCUT2D eigenvalue weighted by Crippen LogP contribution is 2.26. The fraction of sp³-hybridized carbons (Fsp3) is 0.692. The van der Waals surface area contributed by atoms with Crippen LogP contribution < -0.4 is 10.6 Å². The summed E-state index contributed by atoms with van der Waals surface area (Å²) in [5.41, 5.74) is 0.997. The van der Waals surface area contributed by atoms with Gasteiger partial charge >= 0.3 is 0 Å². The van der Waals surface area contributed by atoms with Gasteiger partial charge in [-0.05, 0) is 33.6 Å². The molecule has 2 rings (SSSR count). The molecule has 1 aromatic heterocycles. The molecular weight excluding hydrogens is 228 g/mol. The maximum Gasteiger partial charge on any atom is 0.134 e. The predicted molar refractivity (Wildman–Crippen MR) is 73.0 cm³/mol. The van der Waals surface area contributed by atoms with Crippen molar-refractivity contribution in [2.75, 3.05) is 30.3 Å². The molecule has 1 unspecified atom stereocenters. The van der Waals surface area contributed by atoms with Crippen LogP contribution in [0.2, 0.25) is 0 Å². The van der Waals surface area contributed by atoms with Crippen LogP contribution in [0.4, 0.5) is 11.6 Å². The summed E-state index contributed by atoms with van der Waals surface area (Å²) in [5.74, 6) is 1.78. The Morgan fingerprint density at radius 2 is 2.06 bits per heavy atom. The third-order valence-electron chi connectivity index (χ3n) is 3.36. The van der Waals surface area contributed by atoms with E-state index in [9.17, 15) is 0 Å². The normalized spacial score (nSPS) is 23.1. The molecule has 1 aliphatic heterocycles. The summed E-state index contributed by atoms with van der Waals surface area (Å²) in [6, 6.07) is 0. The first kappa shape index (κ1) is 13.1. The van der Waals surface area contributed by atoms with Gasteiger partial charge in [0.1, 0.15) is 18.0 Å². The lowest BCUT2D eigenvalue weighted by atomic mass is 10.0. The van der Waals surface area contributed by atoms with Gasteiger partial charge in [0.25, 0.3) is 0 Å². The monoisotopic (exact) mass is 250 g/mol. The molecule has 0 amide bonds. The van der Waals surface area contributed by atoms with Crippen molar-refractivity contribution in [1.29, 1.82) is 0 Å². The van der Waals surface area contributed by atoms with Crippen molar-refractivity contribution in [2.45, 2.75) is 39.2 Å². The van der Waals surface area contributed by atoms with Crippen LogP contribution in [0.3, 0.4) is 0 Å². The fourth-order valence-corrected chi connectivity index (χ4v) is 2.22. The van der Waals surface area contributed by atoms with Crippen molar-refractivity contribution in [3.05, 3.63) is 11.9 Å². The smallest absolute Gasteiger partial charge is 0.134 e. The quantitative estimate of drug-likeness (QED) is 0.839. The van der Waals surface area contributed by atoms with Crippen molar-refractivity contribution < 1.29 is 4.74 Å². The van der Waals surface area contributed by atoms with E-state index in [2.05, 4.69) is 34.4 Å². The Labute approximate surface area is 108 Å². The van der Waals surface area contributed by atoms with Crippen molar-refractivity contribution in [2.24, 2.45) is 0 Å². The van der Waals surface area contributed by atoms with E-state index < -0.39 is 0 Å². The molecule has 0 bridgehead atoms. The number of anilines is 2. The second-order valence-corrected chi connectivity index (χ2v) is 4.98. The van der Waals surface area contributed by atoms with E-state index in [0.29, 0.717) is 0 Å². The lowest BCUT2D eigenvalue weighted by Crippen LogP contribution is -2.33. The minimum atomic E-state index is -0.0598. The van der Waals surface area contributed by atoms with E-state index in [1.54, 1.807) is 6.33 Å². The molecule has 0 spiro atoms. The number of ether oxygens (including phenoxy) is 1. The van der Waals surface area contributed by atoms with Gasteiger partial charge in [-0.2, -0.15) is 0 Å². The van der Waals surface area contributed by atoms with Crippen LogP contribution in [-0.2, 0) is 4.74 Å². The predicted octanol–water partition coefficient (Wildman–Crippen LogP) is 2.20. The Hall–Kier alpha value is -1.36. The number of rotatable bonds is 5. The Bertz CT molecular complexity index is 402. The first-order valence-corrected chi connectivity index (χ1v) is 6.58. The average molecular weight is 250 g/mol. The van der Waals surface area contributed by atoms with Crippen LogP contribution in [0.1, 0.15) is 32.3 Å². The topological polar surface area (TPSA) is 59.1 Å². The molecule has 5 heteroatoms. The Balaban J connectivity index is 2.02. The summed E-state index contributed by atoms with van der Waals surface area (Å²) in [6.07, 6.45) is 3.83. The molecule has 0 aliphatic carbocycles. The molecule has 5 nitrogen and oxygen atoms in total. The zero-order valence-electron chi connectivity index (χ0n) is 11.4. The first-order chi connectivity index (χ1) is 8.64. The summed E-state index contributed by atoms with van der Waals surface area (Å²) in [7, 11) is 0. The van der Waals surface area contributed by atoms with Gasteiger partial charge in [0.15, 0.2) is 0 Å². The molecule has 2 heterocycles. The summed E-state index contributed by atoms with van der Waals surface area (Å²) < 4.78 is 5.76.